The number of nitrogens with one attached hydrogen (secondary N) is 1. The van der Waals surface area contributed by atoms with Crippen molar-refractivity contribution in [2.45, 2.75) is 19.0 Å². The van der Waals surface area contributed by atoms with E-state index in [0.29, 0.717) is 13.0 Å². The van der Waals surface area contributed by atoms with Gasteiger partial charge in [0, 0.05) is 22.9 Å². The van der Waals surface area contributed by atoms with Gasteiger partial charge in [0.25, 0.3) is 0 Å². The average molecular weight is 227 g/mol. The molecule has 1 N–H and O–H groups in total. The number of hydrogen-bond donors (Lipinski definition) is 1. The Balaban J connectivity index is 1.77. The number of rotatable bonds is 4. The monoisotopic (exact) mass is 227 g/mol. The van der Waals surface area contributed by atoms with Crippen LogP contribution in [-0.4, -0.2) is 21.9 Å². The number of aromatic nitrogens is 1. The fourth-order valence-corrected chi connectivity index (χ4v) is 1.89. The SMILES string of the molecule is O=C(NCc1nccs1)[C@H]1C[C@H]1[N+](=O)[O-]. The lowest BCUT2D eigenvalue weighted by atomic mass is 10.4. The molecule has 0 aliphatic heterocycles. The molecule has 0 spiro atoms. The average Bonchev–Trinajstić information content (AvgIpc) is 2.85. The van der Waals surface area contributed by atoms with E-state index in [-0.39, 0.29) is 5.91 Å². The summed E-state index contributed by atoms with van der Waals surface area (Å²) in [5, 5.41) is 15.6. The van der Waals surface area contributed by atoms with Gasteiger partial charge in [-0.15, -0.1) is 11.3 Å². The molecule has 1 saturated carbocycles. The molecule has 1 aliphatic rings. The number of hydrogen-bond acceptors (Lipinski definition) is 5. The van der Waals surface area contributed by atoms with Crippen LogP contribution in [0.2, 0.25) is 0 Å². The Kier molecular flexibility index (Phi) is 2.63. The minimum atomic E-state index is -0.679. The van der Waals surface area contributed by atoms with Gasteiger partial charge in [0.2, 0.25) is 11.9 Å². The number of amides is 1. The Labute approximate surface area is 89.5 Å². The van der Waals surface area contributed by atoms with Gasteiger partial charge in [0.15, 0.2) is 0 Å². The number of carbonyl (C=O) groups excluding carboxylic acids is 1. The van der Waals surface area contributed by atoms with E-state index in [4.69, 9.17) is 0 Å². The summed E-state index contributed by atoms with van der Waals surface area (Å²) in [4.78, 5) is 25.3. The highest BCUT2D eigenvalue weighted by Gasteiger charge is 2.53. The molecule has 0 unspecified atom stereocenters. The molecule has 1 aromatic heterocycles. The molecular formula is C8H9N3O3S. The lowest BCUT2D eigenvalue weighted by Gasteiger charge is -1.99. The highest BCUT2D eigenvalue weighted by atomic mass is 32.1. The maximum absolute atomic E-state index is 11.4. The summed E-state index contributed by atoms with van der Waals surface area (Å²) in [5.41, 5.74) is 0. The van der Waals surface area contributed by atoms with Crippen LogP contribution in [0.15, 0.2) is 11.6 Å². The van der Waals surface area contributed by atoms with Crippen molar-refractivity contribution in [1.29, 1.82) is 0 Å². The van der Waals surface area contributed by atoms with Gasteiger partial charge in [0.05, 0.1) is 6.54 Å². The largest absolute Gasteiger partial charge is 0.349 e. The van der Waals surface area contributed by atoms with E-state index in [1.165, 1.54) is 11.3 Å². The van der Waals surface area contributed by atoms with Crippen molar-refractivity contribution in [2.24, 2.45) is 5.92 Å². The van der Waals surface area contributed by atoms with Crippen LogP contribution in [0.4, 0.5) is 0 Å². The molecule has 2 atom stereocenters. The minimum Gasteiger partial charge on any atom is -0.349 e. The van der Waals surface area contributed by atoms with Gasteiger partial charge in [0.1, 0.15) is 10.9 Å². The predicted molar refractivity (Wildman–Crippen MR) is 52.9 cm³/mol. The summed E-state index contributed by atoms with van der Waals surface area (Å²) in [6, 6.07) is -0.679. The Hall–Kier alpha value is -1.50. The molecule has 0 saturated heterocycles. The maximum Gasteiger partial charge on any atom is 0.230 e. The summed E-state index contributed by atoms with van der Waals surface area (Å²) in [5.74, 6) is -0.688. The Morgan fingerprint density at radius 3 is 3.13 bits per heavy atom. The lowest BCUT2D eigenvalue weighted by molar-refractivity contribution is -0.497. The van der Waals surface area contributed by atoms with Crippen LogP contribution in [0.5, 0.6) is 0 Å². The molecule has 2 rings (SSSR count). The summed E-state index contributed by atoms with van der Waals surface area (Å²) in [7, 11) is 0. The highest BCUT2D eigenvalue weighted by Crippen LogP contribution is 2.33. The van der Waals surface area contributed by atoms with Crippen LogP contribution in [-0.2, 0) is 11.3 Å². The van der Waals surface area contributed by atoms with E-state index < -0.39 is 16.9 Å². The number of nitro groups is 1. The molecule has 1 aromatic rings. The molecule has 80 valence electrons. The minimum absolute atomic E-state index is 0.244. The van der Waals surface area contributed by atoms with E-state index in [0.717, 1.165) is 5.01 Å². The lowest BCUT2D eigenvalue weighted by Crippen LogP contribution is -2.26. The molecule has 1 heterocycles. The summed E-state index contributed by atoms with van der Waals surface area (Å²) < 4.78 is 0. The molecular weight excluding hydrogens is 218 g/mol. The van der Waals surface area contributed by atoms with Gasteiger partial charge < -0.3 is 5.32 Å². The van der Waals surface area contributed by atoms with Crippen molar-refractivity contribution in [3.63, 3.8) is 0 Å². The molecule has 15 heavy (non-hydrogen) atoms. The highest BCUT2D eigenvalue weighted by molar-refractivity contribution is 7.09. The molecule has 0 radical (unpaired) electrons. The zero-order valence-electron chi connectivity index (χ0n) is 7.75. The third-order valence-corrected chi connectivity index (χ3v) is 3.04. The van der Waals surface area contributed by atoms with Crippen LogP contribution < -0.4 is 5.32 Å². The topological polar surface area (TPSA) is 85.1 Å². The van der Waals surface area contributed by atoms with Crippen LogP contribution in [0.25, 0.3) is 0 Å². The van der Waals surface area contributed by atoms with E-state index in [2.05, 4.69) is 10.3 Å². The Morgan fingerprint density at radius 2 is 2.60 bits per heavy atom. The first kappa shape index (κ1) is 10.0. The smallest absolute Gasteiger partial charge is 0.230 e. The predicted octanol–water partition coefficient (Wildman–Crippen LogP) is 0.424. The van der Waals surface area contributed by atoms with Crippen LogP contribution in [0.3, 0.4) is 0 Å². The molecule has 1 amide bonds. The number of nitrogens with zero attached hydrogens (tertiary/aromatic N) is 2. The van der Waals surface area contributed by atoms with E-state index in [1.807, 2.05) is 5.38 Å². The van der Waals surface area contributed by atoms with Crippen molar-refractivity contribution in [3.8, 4) is 0 Å². The quantitative estimate of drug-likeness (QED) is 0.597. The van der Waals surface area contributed by atoms with Gasteiger partial charge >= 0.3 is 0 Å². The zero-order chi connectivity index (χ0) is 10.8. The standard InChI is InChI=1S/C8H9N3O3S/c12-8(5-3-6(5)11(13)14)10-4-7-9-1-2-15-7/h1-2,5-6H,3-4H2,(H,10,12)/t5-,6+/m0/s1. The van der Waals surface area contributed by atoms with Crippen molar-refractivity contribution in [1.82, 2.24) is 10.3 Å². The third kappa shape index (κ3) is 2.30. The van der Waals surface area contributed by atoms with Gasteiger partial charge in [-0.25, -0.2) is 4.98 Å². The van der Waals surface area contributed by atoms with E-state index in [1.54, 1.807) is 6.20 Å². The molecule has 7 heteroatoms. The van der Waals surface area contributed by atoms with Gasteiger partial charge in [-0.1, -0.05) is 0 Å². The molecule has 0 aromatic carbocycles. The second kappa shape index (κ2) is 3.93. The first-order valence-electron chi connectivity index (χ1n) is 4.48. The first-order chi connectivity index (χ1) is 7.18. The van der Waals surface area contributed by atoms with Crippen molar-refractivity contribution >= 4 is 17.2 Å². The molecule has 6 nitrogen and oxygen atoms in total. The van der Waals surface area contributed by atoms with Crippen molar-refractivity contribution < 1.29 is 9.72 Å². The Bertz CT molecular complexity index is 378. The van der Waals surface area contributed by atoms with Crippen LogP contribution in [0.1, 0.15) is 11.4 Å². The molecule has 0 bridgehead atoms. The Morgan fingerprint density at radius 1 is 1.80 bits per heavy atom. The fraction of sp³-hybridized carbons (Fsp3) is 0.500. The zero-order valence-corrected chi connectivity index (χ0v) is 8.57. The summed E-state index contributed by atoms with van der Waals surface area (Å²) in [6.07, 6.45) is 2.01. The van der Waals surface area contributed by atoms with Gasteiger partial charge in [-0.3, -0.25) is 14.9 Å². The van der Waals surface area contributed by atoms with E-state index in [9.17, 15) is 14.9 Å². The number of thiazole rings is 1. The van der Waals surface area contributed by atoms with Crippen LogP contribution in [0, 0.1) is 16.0 Å². The van der Waals surface area contributed by atoms with E-state index >= 15 is 0 Å². The second-order valence-corrected chi connectivity index (χ2v) is 4.32. The normalized spacial score (nSPS) is 23.5. The van der Waals surface area contributed by atoms with Crippen molar-refractivity contribution in [3.05, 3.63) is 26.7 Å². The summed E-state index contributed by atoms with van der Waals surface area (Å²) >= 11 is 1.44. The molecule has 1 fully saturated rings. The third-order valence-electron chi connectivity index (χ3n) is 2.26. The van der Waals surface area contributed by atoms with Crippen molar-refractivity contribution in [2.75, 3.05) is 0 Å². The van der Waals surface area contributed by atoms with Crippen LogP contribution >= 0.6 is 11.3 Å². The second-order valence-electron chi connectivity index (χ2n) is 3.34. The molecule has 1 aliphatic carbocycles. The number of carbonyl (C=O) groups is 1. The maximum atomic E-state index is 11.4. The fourth-order valence-electron chi connectivity index (χ4n) is 1.33. The van der Waals surface area contributed by atoms with Gasteiger partial charge in [-0.05, 0) is 0 Å². The first-order valence-corrected chi connectivity index (χ1v) is 5.36. The van der Waals surface area contributed by atoms with Gasteiger partial charge in [-0.2, -0.15) is 0 Å². The summed E-state index contributed by atoms with van der Waals surface area (Å²) in [6.45, 7) is 0.359.